The fraction of sp³-hybridized carbons (Fsp3) is 0.167. The van der Waals surface area contributed by atoms with Crippen LogP contribution in [0.3, 0.4) is 0 Å². The van der Waals surface area contributed by atoms with Gasteiger partial charge in [0.15, 0.2) is 0 Å². The van der Waals surface area contributed by atoms with E-state index in [2.05, 4.69) is 26.9 Å². The Kier molecular flexibility index (Phi) is 4.53. The molecule has 0 spiro atoms. The molecule has 7 nitrogen and oxygen atoms in total. The van der Waals surface area contributed by atoms with Crippen LogP contribution in [0.4, 0.5) is 10.5 Å². The Morgan fingerprint density at radius 3 is 2.92 bits per heavy atom. The summed E-state index contributed by atoms with van der Waals surface area (Å²) in [5.74, 6) is 0.528. The van der Waals surface area contributed by atoms with Crippen molar-refractivity contribution in [3.05, 3.63) is 42.0 Å². The Balaban J connectivity index is 2.07. The number of rotatable bonds is 4. The van der Waals surface area contributed by atoms with Crippen LogP contribution in [0, 0.1) is 11.3 Å². The zero-order valence-electron chi connectivity index (χ0n) is 13.9. The molecule has 3 N–H and O–H groups in total. The molecule has 7 heteroatoms. The van der Waals surface area contributed by atoms with Crippen LogP contribution in [0.15, 0.2) is 36.4 Å². The average Bonchev–Trinajstić information content (AvgIpc) is 3.04. The number of fused-ring (bicyclic) bond motifs is 1. The predicted octanol–water partition coefficient (Wildman–Crippen LogP) is 3.25. The number of hydrogen-bond acceptors (Lipinski definition) is 4. The molecule has 126 valence electrons. The van der Waals surface area contributed by atoms with Crippen LogP contribution in [0.1, 0.15) is 12.5 Å². The third-order valence-electron chi connectivity index (χ3n) is 3.70. The van der Waals surface area contributed by atoms with E-state index in [1.165, 1.54) is 0 Å². The topological polar surface area (TPSA) is 103 Å². The van der Waals surface area contributed by atoms with Gasteiger partial charge in [-0.1, -0.05) is 12.1 Å². The van der Waals surface area contributed by atoms with Gasteiger partial charge in [0, 0.05) is 23.7 Å². The van der Waals surface area contributed by atoms with Crippen LogP contribution >= 0.6 is 0 Å². The Bertz CT molecular complexity index is 971. The summed E-state index contributed by atoms with van der Waals surface area (Å²) < 4.78 is 5.56. The second-order valence-electron chi connectivity index (χ2n) is 5.30. The molecule has 3 aromatic rings. The van der Waals surface area contributed by atoms with Crippen molar-refractivity contribution in [3.8, 4) is 23.1 Å². The molecule has 0 saturated carbocycles. The van der Waals surface area contributed by atoms with Gasteiger partial charge in [-0.3, -0.25) is 5.10 Å². The van der Waals surface area contributed by atoms with Gasteiger partial charge in [-0.15, -0.1) is 0 Å². The molecule has 0 fully saturated rings. The highest BCUT2D eigenvalue weighted by Gasteiger charge is 2.13. The van der Waals surface area contributed by atoms with Crippen LogP contribution in [0.2, 0.25) is 0 Å². The molecule has 0 aliphatic rings. The minimum atomic E-state index is -0.290. The maximum absolute atomic E-state index is 11.5. The number of carbonyl (C=O) groups excluding carboxylic acids is 1. The lowest BCUT2D eigenvalue weighted by molar-refractivity contribution is 0.254. The van der Waals surface area contributed by atoms with E-state index in [1.807, 2.05) is 31.2 Å². The van der Waals surface area contributed by atoms with Crippen LogP contribution in [-0.4, -0.2) is 29.9 Å². The average molecular weight is 335 g/mol. The lowest BCUT2D eigenvalue weighted by Gasteiger charge is -2.07. The Morgan fingerprint density at radius 2 is 2.20 bits per heavy atom. The summed E-state index contributed by atoms with van der Waals surface area (Å²) in [7, 11) is 1.56. The van der Waals surface area contributed by atoms with Crippen LogP contribution in [0.5, 0.6) is 5.75 Å². The number of H-pyrrole nitrogens is 1. The number of urea groups is 1. The van der Waals surface area contributed by atoms with E-state index < -0.39 is 0 Å². The molecule has 0 radical (unpaired) electrons. The molecule has 0 saturated heterocycles. The molecule has 2 aromatic carbocycles. The summed E-state index contributed by atoms with van der Waals surface area (Å²) in [5.41, 5.74) is 3.43. The first-order valence-electron chi connectivity index (χ1n) is 7.80. The Hall–Kier alpha value is -3.53. The third-order valence-corrected chi connectivity index (χ3v) is 3.70. The number of aromatic amines is 1. The van der Waals surface area contributed by atoms with Crippen molar-refractivity contribution in [3.63, 3.8) is 0 Å². The highest BCUT2D eigenvalue weighted by atomic mass is 16.5. The number of carbonyl (C=O) groups is 1. The van der Waals surface area contributed by atoms with E-state index in [0.717, 1.165) is 22.2 Å². The largest absolute Gasteiger partial charge is 0.492 e. The lowest BCUT2D eigenvalue weighted by Crippen LogP contribution is -2.24. The first-order valence-corrected chi connectivity index (χ1v) is 7.80. The van der Waals surface area contributed by atoms with Crippen molar-refractivity contribution in [1.82, 2.24) is 15.5 Å². The van der Waals surface area contributed by atoms with Gasteiger partial charge >= 0.3 is 6.03 Å². The number of amides is 2. The molecule has 25 heavy (non-hydrogen) atoms. The SMILES string of the molecule is CCOc1cc2c(-c3cccc(NC(=O)NC)c3)n[nH]c2cc1C#N. The molecular formula is C18H17N5O2. The second kappa shape index (κ2) is 6.93. The van der Waals surface area contributed by atoms with Crippen LogP contribution < -0.4 is 15.4 Å². The van der Waals surface area contributed by atoms with Gasteiger partial charge in [0.05, 0.1) is 17.7 Å². The number of nitrogens with one attached hydrogen (secondary N) is 3. The quantitative estimate of drug-likeness (QED) is 0.681. The fourth-order valence-electron chi connectivity index (χ4n) is 2.56. The zero-order chi connectivity index (χ0) is 17.8. The fourth-order valence-corrected chi connectivity index (χ4v) is 2.56. The van der Waals surface area contributed by atoms with Gasteiger partial charge in [-0.05, 0) is 31.2 Å². The smallest absolute Gasteiger partial charge is 0.318 e. The zero-order valence-corrected chi connectivity index (χ0v) is 13.9. The van der Waals surface area contributed by atoms with Crippen molar-refractivity contribution < 1.29 is 9.53 Å². The second-order valence-corrected chi connectivity index (χ2v) is 5.30. The van der Waals surface area contributed by atoms with Crippen molar-refractivity contribution in [2.24, 2.45) is 0 Å². The number of aromatic nitrogens is 2. The van der Waals surface area contributed by atoms with Gasteiger partial charge in [0.25, 0.3) is 0 Å². The van der Waals surface area contributed by atoms with E-state index in [1.54, 1.807) is 19.2 Å². The van der Waals surface area contributed by atoms with Crippen molar-refractivity contribution in [2.75, 3.05) is 19.0 Å². The summed E-state index contributed by atoms with van der Waals surface area (Å²) in [4.78, 5) is 11.5. The summed E-state index contributed by atoms with van der Waals surface area (Å²) >= 11 is 0. The van der Waals surface area contributed by atoms with E-state index in [0.29, 0.717) is 23.6 Å². The summed E-state index contributed by atoms with van der Waals surface area (Å²) in [5, 5.41) is 22.7. The van der Waals surface area contributed by atoms with Gasteiger partial charge in [0.2, 0.25) is 0 Å². The molecule has 0 aliphatic heterocycles. The van der Waals surface area contributed by atoms with Gasteiger partial charge in [-0.2, -0.15) is 10.4 Å². The highest BCUT2D eigenvalue weighted by Crippen LogP contribution is 2.32. The van der Waals surface area contributed by atoms with Crippen molar-refractivity contribution >= 4 is 22.6 Å². The summed E-state index contributed by atoms with van der Waals surface area (Å²) in [6.45, 7) is 2.34. The lowest BCUT2D eigenvalue weighted by atomic mass is 10.0. The molecule has 0 aliphatic carbocycles. The number of benzene rings is 2. The minimum absolute atomic E-state index is 0.290. The third kappa shape index (κ3) is 3.23. The summed E-state index contributed by atoms with van der Waals surface area (Å²) in [6, 6.07) is 12.8. The monoisotopic (exact) mass is 335 g/mol. The molecule has 1 heterocycles. The standard InChI is InChI=1S/C18H17N5O2/c1-3-25-16-9-14-15(8-12(16)10-19)22-23-17(14)11-5-4-6-13(7-11)21-18(24)20-2/h4-9H,3H2,1-2H3,(H,22,23)(H2,20,21,24). The molecule has 0 bridgehead atoms. The molecule has 2 amide bonds. The molecule has 0 unspecified atom stereocenters. The summed E-state index contributed by atoms with van der Waals surface area (Å²) in [6.07, 6.45) is 0. The minimum Gasteiger partial charge on any atom is -0.492 e. The normalized spacial score (nSPS) is 10.3. The maximum atomic E-state index is 11.5. The number of hydrogen-bond donors (Lipinski definition) is 3. The van der Waals surface area contributed by atoms with E-state index in [4.69, 9.17) is 4.74 Å². The maximum Gasteiger partial charge on any atom is 0.318 e. The van der Waals surface area contributed by atoms with Crippen molar-refractivity contribution in [2.45, 2.75) is 6.92 Å². The van der Waals surface area contributed by atoms with Gasteiger partial charge < -0.3 is 15.4 Å². The van der Waals surface area contributed by atoms with E-state index in [9.17, 15) is 10.1 Å². The first kappa shape index (κ1) is 16.3. The molecular weight excluding hydrogens is 318 g/mol. The number of nitriles is 1. The van der Waals surface area contributed by atoms with Gasteiger partial charge in [0.1, 0.15) is 17.5 Å². The van der Waals surface area contributed by atoms with Crippen LogP contribution in [-0.2, 0) is 0 Å². The Morgan fingerprint density at radius 1 is 1.36 bits per heavy atom. The van der Waals surface area contributed by atoms with Crippen LogP contribution in [0.25, 0.3) is 22.2 Å². The van der Waals surface area contributed by atoms with E-state index in [-0.39, 0.29) is 6.03 Å². The Labute approximate surface area is 144 Å². The number of nitrogens with zero attached hydrogens (tertiary/aromatic N) is 2. The molecule has 3 rings (SSSR count). The predicted molar refractivity (Wildman–Crippen MR) is 95.5 cm³/mol. The highest BCUT2D eigenvalue weighted by molar-refractivity contribution is 5.96. The number of anilines is 1. The first-order chi connectivity index (χ1) is 12.2. The van der Waals surface area contributed by atoms with Crippen molar-refractivity contribution in [1.29, 1.82) is 5.26 Å². The molecule has 0 atom stereocenters. The molecule has 1 aromatic heterocycles. The number of ether oxygens (including phenoxy) is 1. The van der Waals surface area contributed by atoms with E-state index >= 15 is 0 Å². The van der Waals surface area contributed by atoms with Gasteiger partial charge in [-0.25, -0.2) is 4.79 Å².